The minimum absolute atomic E-state index is 0.0272. The number of aliphatic hydroxyl groups excluding tert-OH is 1. The Labute approximate surface area is 106 Å². The molecule has 0 amide bonds. The summed E-state index contributed by atoms with van der Waals surface area (Å²) in [5, 5.41) is 26.1. The van der Waals surface area contributed by atoms with E-state index in [9.17, 15) is 9.90 Å². The molecule has 0 aliphatic heterocycles. The summed E-state index contributed by atoms with van der Waals surface area (Å²) in [6.45, 7) is 4.34. The molecule has 1 aromatic rings. The number of hydrogen-bond donors (Lipinski definition) is 2. The summed E-state index contributed by atoms with van der Waals surface area (Å²) in [5.74, 6) is -0.773. The lowest BCUT2D eigenvalue weighted by molar-refractivity contribution is 0.0687. The van der Waals surface area contributed by atoms with Gasteiger partial charge in [0.1, 0.15) is 0 Å². The zero-order valence-corrected chi connectivity index (χ0v) is 10.8. The van der Waals surface area contributed by atoms with Crippen LogP contribution in [-0.2, 0) is 6.54 Å². The molecule has 2 N–H and O–H groups in total. The minimum Gasteiger partial charge on any atom is -0.476 e. The van der Waals surface area contributed by atoms with Crippen LogP contribution >= 0.6 is 0 Å². The van der Waals surface area contributed by atoms with Gasteiger partial charge in [-0.05, 0) is 12.8 Å². The zero-order chi connectivity index (χ0) is 13.3. The van der Waals surface area contributed by atoms with Crippen LogP contribution in [0.5, 0.6) is 0 Å². The topological polar surface area (TPSA) is 88.2 Å². The Bertz CT molecular complexity index is 449. The van der Waals surface area contributed by atoms with Gasteiger partial charge in [-0.2, -0.15) is 0 Å². The predicted octanol–water partition coefficient (Wildman–Crippen LogP) is 1.26. The maximum absolute atomic E-state index is 11.1. The maximum atomic E-state index is 11.1. The Morgan fingerprint density at radius 2 is 2.17 bits per heavy atom. The van der Waals surface area contributed by atoms with Crippen molar-refractivity contribution in [2.75, 3.05) is 6.61 Å². The van der Waals surface area contributed by atoms with Crippen LogP contribution in [0.1, 0.15) is 55.2 Å². The number of nitrogens with zero attached hydrogens (tertiary/aromatic N) is 3. The molecule has 0 radical (unpaired) electrons. The fraction of sp³-hybridized carbons (Fsp3) is 0.750. The van der Waals surface area contributed by atoms with Crippen molar-refractivity contribution in [3.8, 4) is 0 Å². The third kappa shape index (κ3) is 2.38. The van der Waals surface area contributed by atoms with Crippen molar-refractivity contribution in [3.63, 3.8) is 0 Å². The Hall–Kier alpha value is -1.43. The van der Waals surface area contributed by atoms with Crippen LogP contribution in [0.2, 0.25) is 0 Å². The van der Waals surface area contributed by atoms with E-state index in [4.69, 9.17) is 5.11 Å². The van der Waals surface area contributed by atoms with E-state index in [1.165, 1.54) is 0 Å². The van der Waals surface area contributed by atoms with E-state index in [0.717, 1.165) is 25.0 Å². The summed E-state index contributed by atoms with van der Waals surface area (Å²) in [7, 11) is 0. The standard InChI is InChI=1S/C12H19N3O3/c1-12(2,7-16)6-15-10(8-4-3-5-8)9(11(17)18)13-14-15/h8,16H,3-7H2,1-2H3,(H,17,18). The van der Waals surface area contributed by atoms with Gasteiger partial charge in [0.25, 0.3) is 0 Å². The van der Waals surface area contributed by atoms with E-state index in [1.807, 2.05) is 13.8 Å². The average molecular weight is 253 g/mol. The Morgan fingerprint density at radius 3 is 2.61 bits per heavy atom. The number of carbonyl (C=O) groups is 1. The van der Waals surface area contributed by atoms with Crippen LogP contribution in [0, 0.1) is 5.41 Å². The zero-order valence-electron chi connectivity index (χ0n) is 10.8. The van der Waals surface area contributed by atoms with Gasteiger partial charge in [-0.25, -0.2) is 9.48 Å². The van der Waals surface area contributed by atoms with Gasteiger partial charge in [0, 0.05) is 17.9 Å². The lowest BCUT2D eigenvalue weighted by atomic mass is 9.81. The van der Waals surface area contributed by atoms with Crippen molar-refractivity contribution in [2.24, 2.45) is 5.41 Å². The van der Waals surface area contributed by atoms with Crippen LogP contribution in [0.25, 0.3) is 0 Å². The van der Waals surface area contributed by atoms with Crippen LogP contribution in [0.4, 0.5) is 0 Å². The fourth-order valence-corrected chi connectivity index (χ4v) is 2.13. The van der Waals surface area contributed by atoms with Gasteiger partial charge in [0.05, 0.1) is 12.2 Å². The summed E-state index contributed by atoms with van der Waals surface area (Å²) < 4.78 is 1.66. The van der Waals surface area contributed by atoms with Crippen LogP contribution in [0.15, 0.2) is 0 Å². The van der Waals surface area contributed by atoms with Gasteiger partial charge in [-0.1, -0.05) is 25.5 Å². The molecule has 1 saturated carbocycles. The van der Waals surface area contributed by atoms with Gasteiger partial charge < -0.3 is 10.2 Å². The van der Waals surface area contributed by atoms with Crippen LogP contribution in [0.3, 0.4) is 0 Å². The molecule has 100 valence electrons. The van der Waals surface area contributed by atoms with Crippen molar-refractivity contribution in [1.29, 1.82) is 0 Å². The molecule has 0 spiro atoms. The first kappa shape index (κ1) is 13.0. The molecule has 2 rings (SSSR count). The van der Waals surface area contributed by atoms with E-state index < -0.39 is 5.97 Å². The quantitative estimate of drug-likeness (QED) is 0.824. The lowest BCUT2D eigenvalue weighted by Gasteiger charge is -2.28. The molecule has 0 atom stereocenters. The molecular formula is C12H19N3O3. The summed E-state index contributed by atoms with van der Waals surface area (Å²) in [5.41, 5.74) is 0.450. The van der Waals surface area contributed by atoms with Gasteiger partial charge >= 0.3 is 5.97 Å². The average Bonchev–Trinajstić information content (AvgIpc) is 2.59. The molecule has 1 heterocycles. The fourth-order valence-electron chi connectivity index (χ4n) is 2.13. The van der Waals surface area contributed by atoms with E-state index in [0.29, 0.717) is 6.54 Å². The summed E-state index contributed by atoms with van der Waals surface area (Å²) in [6.07, 6.45) is 3.11. The Morgan fingerprint density at radius 1 is 1.50 bits per heavy atom. The molecule has 1 aliphatic rings. The molecule has 18 heavy (non-hydrogen) atoms. The maximum Gasteiger partial charge on any atom is 0.358 e. The van der Waals surface area contributed by atoms with E-state index >= 15 is 0 Å². The highest BCUT2D eigenvalue weighted by atomic mass is 16.4. The number of hydrogen-bond acceptors (Lipinski definition) is 4. The smallest absolute Gasteiger partial charge is 0.358 e. The molecular weight excluding hydrogens is 234 g/mol. The highest BCUT2D eigenvalue weighted by molar-refractivity contribution is 5.86. The van der Waals surface area contributed by atoms with Gasteiger partial charge in [-0.15, -0.1) is 5.10 Å². The monoisotopic (exact) mass is 253 g/mol. The number of carboxylic acid groups (broad SMARTS) is 1. The second-order valence-electron chi connectivity index (χ2n) is 5.74. The van der Waals surface area contributed by atoms with Crippen molar-refractivity contribution in [2.45, 2.75) is 45.6 Å². The first-order valence-electron chi connectivity index (χ1n) is 6.22. The minimum atomic E-state index is -1.02. The molecule has 6 heteroatoms. The molecule has 6 nitrogen and oxygen atoms in total. The Balaban J connectivity index is 2.32. The van der Waals surface area contributed by atoms with Crippen LogP contribution < -0.4 is 0 Å². The van der Waals surface area contributed by atoms with Crippen molar-refractivity contribution < 1.29 is 15.0 Å². The van der Waals surface area contributed by atoms with Crippen molar-refractivity contribution in [1.82, 2.24) is 15.0 Å². The molecule has 0 saturated heterocycles. The first-order valence-corrected chi connectivity index (χ1v) is 6.22. The highest BCUT2D eigenvalue weighted by Gasteiger charge is 2.32. The van der Waals surface area contributed by atoms with Crippen LogP contribution in [-0.4, -0.2) is 37.8 Å². The highest BCUT2D eigenvalue weighted by Crippen LogP contribution is 2.38. The second kappa shape index (κ2) is 4.68. The van der Waals surface area contributed by atoms with E-state index in [2.05, 4.69) is 10.3 Å². The third-order valence-corrected chi connectivity index (χ3v) is 3.47. The predicted molar refractivity (Wildman–Crippen MR) is 64.4 cm³/mol. The molecule has 1 fully saturated rings. The molecule has 1 aromatic heterocycles. The number of aromatic carboxylic acids is 1. The third-order valence-electron chi connectivity index (χ3n) is 3.47. The van der Waals surface area contributed by atoms with Gasteiger partial charge in [0.2, 0.25) is 0 Å². The van der Waals surface area contributed by atoms with Crippen molar-refractivity contribution >= 4 is 5.97 Å². The number of aromatic nitrogens is 3. The summed E-state index contributed by atoms with van der Waals surface area (Å²) in [6, 6.07) is 0. The van der Waals surface area contributed by atoms with Crippen molar-refractivity contribution in [3.05, 3.63) is 11.4 Å². The summed E-state index contributed by atoms with van der Waals surface area (Å²) in [4.78, 5) is 11.1. The number of rotatable bonds is 5. The van der Waals surface area contributed by atoms with Gasteiger partial charge in [0.15, 0.2) is 5.69 Å². The Kier molecular flexibility index (Phi) is 3.38. The number of carboxylic acids is 1. The van der Waals surface area contributed by atoms with E-state index in [-0.39, 0.29) is 23.6 Å². The first-order chi connectivity index (χ1) is 8.44. The van der Waals surface area contributed by atoms with Gasteiger partial charge in [-0.3, -0.25) is 0 Å². The molecule has 0 aromatic carbocycles. The molecule has 0 unspecified atom stereocenters. The normalized spacial score (nSPS) is 16.6. The number of aliphatic hydroxyl groups is 1. The van der Waals surface area contributed by atoms with E-state index in [1.54, 1.807) is 4.68 Å². The summed E-state index contributed by atoms with van der Waals surface area (Å²) >= 11 is 0. The second-order valence-corrected chi connectivity index (χ2v) is 5.74. The lowest BCUT2D eigenvalue weighted by Crippen LogP contribution is -2.27. The molecule has 1 aliphatic carbocycles. The SMILES string of the molecule is CC(C)(CO)Cn1nnc(C(=O)O)c1C1CCC1. The molecule has 0 bridgehead atoms. The largest absolute Gasteiger partial charge is 0.476 e.